The first kappa shape index (κ1) is 18.3. The Morgan fingerprint density at radius 2 is 1.86 bits per heavy atom. The monoisotopic (exact) mass is 376 g/mol. The summed E-state index contributed by atoms with van der Waals surface area (Å²) in [7, 11) is 1.62. The number of oxime groups is 1. The molecule has 0 N–H and O–H groups in total. The number of nitrogens with zero attached hydrogens (tertiary/aromatic N) is 2. The summed E-state index contributed by atoms with van der Waals surface area (Å²) in [6.07, 6.45) is 2.13. The van der Waals surface area contributed by atoms with Crippen molar-refractivity contribution in [2.45, 2.75) is 25.7 Å². The molecule has 1 fully saturated rings. The minimum Gasteiger partial charge on any atom is -0.497 e. The maximum Gasteiger partial charge on any atom is 0.369 e. The van der Waals surface area contributed by atoms with Crippen LogP contribution >= 0.6 is 0 Å². The van der Waals surface area contributed by atoms with Crippen molar-refractivity contribution in [3.05, 3.63) is 77.0 Å². The molecule has 0 bridgehead atoms. The maximum absolute atomic E-state index is 12.4. The van der Waals surface area contributed by atoms with Gasteiger partial charge in [0.1, 0.15) is 17.0 Å². The highest BCUT2D eigenvalue weighted by Crippen LogP contribution is 2.31. The van der Waals surface area contributed by atoms with Crippen LogP contribution in [0.4, 0.5) is 0 Å². The van der Waals surface area contributed by atoms with E-state index in [1.807, 2.05) is 31.2 Å². The lowest BCUT2D eigenvalue weighted by molar-refractivity contribution is -0.137. The number of carbonyl (C=O) groups is 1. The van der Waals surface area contributed by atoms with Crippen LogP contribution in [0.1, 0.15) is 36.8 Å². The molecule has 2 heterocycles. The molecule has 0 amide bonds. The zero-order valence-corrected chi connectivity index (χ0v) is 16.2. The van der Waals surface area contributed by atoms with Crippen LogP contribution < -0.4 is 4.74 Å². The molecule has 0 saturated carbocycles. The summed E-state index contributed by atoms with van der Waals surface area (Å²) in [6.45, 7) is 3.81. The van der Waals surface area contributed by atoms with Gasteiger partial charge < -0.3 is 14.5 Å². The number of methoxy groups -OCH3 is 1. The Morgan fingerprint density at radius 1 is 1.11 bits per heavy atom. The third-order valence-corrected chi connectivity index (χ3v) is 5.61. The van der Waals surface area contributed by atoms with Gasteiger partial charge in [-0.25, -0.2) is 4.79 Å². The molecule has 2 aromatic rings. The molecule has 0 spiro atoms. The zero-order chi connectivity index (χ0) is 19.5. The Balaban J connectivity index is 1.55. The lowest BCUT2D eigenvalue weighted by Gasteiger charge is -2.34. The molecule has 2 aliphatic rings. The third-order valence-electron chi connectivity index (χ3n) is 5.61. The van der Waals surface area contributed by atoms with E-state index >= 15 is 0 Å². The van der Waals surface area contributed by atoms with E-state index in [4.69, 9.17) is 9.57 Å². The van der Waals surface area contributed by atoms with Gasteiger partial charge in [0.05, 0.1) is 7.11 Å². The average Bonchev–Trinajstić information content (AvgIpc) is 3.15. The molecule has 2 aliphatic heterocycles. The standard InChI is InChI=1S/C23H24N2O3/c1-16(25-13-11-18(12-14-25)17-7-4-3-5-8-17)21-22(24-28-23(21)26)19-9-6-10-20(15-19)27-2/h3-10,15,18H,11-14H2,1-2H3. The summed E-state index contributed by atoms with van der Waals surface area (Å²) in [6, 6.07) is 18.2. The molecule has 5 heteroatoms. The predicted octanol–water partition coefficient (Wildman–Crippen LogP) is 4.11. The molecule has 0 radical (unpaired) electrons. The van der Waals surface area contributed by atoms with Crippen LogP contribution in [0.25, 0.3) is 0 Å². The highest BCUT2D eigenvalue weighted by Gasteiger charge is 2.32. The van der Waals surface area contributed by atoms with Gasteiger partial charge in [-0.3, -0.25) is 0 Å². The molecule has 5 nitrogen and oxygen atoms in total. The number of ether oxygens (including phenoxy) is 1. The van der Waals surface area contributed by atoms with Crippen molar-refractivity contribution < 1.29 is 14.4 Å². The number of hydrogen-bond donors (Lipinski definition) is 0. The largest absolute Gasteiger partial charge is 0.497 e. The van der Waals surface area contributed by atoms with Crippen molar-refractivity contribution in [1.82, 2.24) is 4.90 Å². The second-order valence-corrected chi connectivity index (χ2v) is 7.18. The van der Waals surface area contributed by atoms with Crippen LogP contribution in [0.2, 0.25) is 0 Å². The summed E-state index contributed by atoms with van der Waals surface area (Å²) in [5.41, 5.74) is 4.26. The quantitative estimate of drug-likeness (QED) is 0.595. The van der Waals surface area contributed by atoms with Crippen molar-refractivity contribution >= 4 is 11.7 Å². The molecule has 144 valence electrons. The topological polar surface area (TPSA) is 51.1 Å². The molecule has 0 atom stereocenters. The van der Waals surface area contributed by atoms with Crippen molar-refractivity contribution in [1.29, 1.82) is 0 Å². The van der Waals surface area contributed by atoms with E-state index in [1.54, 1.807) is 7.11 Å². The molecule has 2 aromatic carbocycles. The molecule has 4 rings (SSSR count). The lowest BCUT2D eigenvalue weighted by atomic mass is 9.89. The van der Waals surface area contributed by atoms with Gasteiger partial charge in [-0.2, -0.15) is 0 Å². The van der Waals surface area contributed by atoms with Gasteiger partial charge in [-0.15, -0.1) is 0 Å². The van der Waals surface area contributed by atoms with Crippen molar-refractivity contribution in [2.75, 3.05) is 20.2 Å². The first-order valence-electron chi connectivity index (χ1n) is 9.62. The second kappa shape index (κ2) is 7.89. The van der Waals surface area contributed by atoms with Crippen molar-refractivity contribution in [2.24, 2.45) is 5.16 Å². The van der Waals surface area contributed by atoms with Crippen LogP contribution in [0.3, 0.4) is 0 Å². The van der Waals surface area contributed by atoms with Gasteiger partial charge in [0.2, 0.25) is 0 Å². The first-order valence-corrected chi connectivity index (χ1v) is 9.62. The molecule has 1 saturated heterocycles. The average molecular weight is 376 g/mol. The molecule has 0 aromatic heterocycles. The van der Waals surface area contributed by atoms with E-state index in [2.05, 4.69) is 40.4 Å². The normalized spacial score (nSPS) is 19.3. The Bertz CT molecular complexity index is 926. The second-order valence-electron chi connectivity index (χ2n) is 7.18. The molecule has 28 heavy (non-hydrogen) atoms. The van der Waals surface area contributed by atoms with Gasteiger partial charge in [-0.1, -0.05) is 47.6 Å². The predicted molar refractivity (Wildman–Crippen MR) is 108 cm³/mol. The molecular weight excluding hydrogens is 352 g/mol. The van der Waals surface area contributed by atoms with Crippen LogP contribution in [-0.2, 0) is 9.63 Å². The maximum atomic E-state index is 12.4. The molecule has 0 unspecified atom stereocenters. The van der Waals surface area contributed by atoms with E-state index in [9.17, 15) is 4.79 Å². The molecular formula is C23H24N2O3. The fourth-order valence-corrected chi connectivity index (χ4v) is 3.99. The lowest BCUT2D eigenvalue weighted by Crippen LogP contribution is -2.33. The van der Waals surface area contributed by atoms with Crippen LogP contribution in [0, 0.1) is 0 Å². The van der Waals surface area contributed by atoms with Crippen LogP contribution in [0.15, 0.2) is 71.0 Å². The SMILES string of the molecule is COc1cccc(C2=NOC(=O)C2=C(C)N2CCC(c3ccccc3)CC2)c1. The number of likely N-dealkylation sites (tertiary alicyclic amines) is 1. The van der Waals surface area contributed by atoms with Crippen LogP contribution in [0.5, 0.6) is 5.75 Å². The zero-order valence-electron chi connectivity index (χ0n) is 16.2. The molecule has 0 aliphatic carbocycles. The van der Waals surface area contributed by atoms with Gasteiger partial charge in [-0.05, 0) is 43.4 Å². The summed E-state index contributed by atoms with van der Waals surface area (Å²) in [4.78, 5) is 19.7. The minimum absolute atomic E-state index is 0.388. The van der Waals surface area contributed by atoms with E-state index in [-0.39, 0.29) is 5.97 Å². The number of piperidine rings is 1. The third kappa shape index (κ3) is 3.52. The van der Waals surface area contributed by atoms with E-state index < -0.39 is 0 Å². The number of benzene rings is 2. The fourth-order valence-electron chi connectivity index (χ4n) is 3.99. The van der Waals surface area contributed by atoms with Gasteiger partial charge in [0, 0.05) is 24.4 Å². The number of carbonyl (C=O) groups excluding carboxylic acids is 1. The minimum atomic E-state index is -0.388. The Labute approximate surface area is 165 Å². The number of hydrogen-bond acceptors (Lipinski definition) is 5. The summed E-state index contributed by atoms with van der Waals surface area (Å²) < 4.78 is 5.30. The van der Waals surface area contributed by atoms with E-state index in [0.29, 0.717) is 17.2 Å². The number of rotatable bonds is 4. The Kier molecular flexibility index (Phi) is 5.15. The number of allylic oxidation sites excluding steroid dienone is 1. The Hall–Kier alpha value is -3.08. The van der Waals surface area contributed by atoms with Crippen molar-refractivity contribution in [3.63, 3.8) is 0 Å². The Morgan fingerprint density at radius 3 is 2.57 bits per heavy atom. The van der Waals surface area contributed by atoms with Crippen molar-refractivity contribution in [3.8, 4) is 5.75 Å². The summed E-state index contributed by atoms with van der Waals surface area (Å²) in [5, 5.41) is 4.05. The fraction of sp³-hybridized carbons (Fsp3) is 0.304. The van der Waals surface area contributed by atoms with Crippen LogP contribution in [-0.4, -0.2) is 36.8 Å². The van der Waals surface area contributed by atoms with Gasteiger partial charge in [0.15, 0.2) is 0 Å². The summed E-state index contributed by atoms with van der Waals surface area (Å²) in [5.74, 6) is 0.901. The van der Waals surface area contributed by atoms with E-state index in [0.717, 1.165) is 42.9 Å². The first-order chi connectivity index (χ1) is 13.7. The van der Waals surface area contributed by atoms with Gasteiger partial charge in [0.25, 0.3) is 0 Å². The van der Waals surface area contributed by atoms with E-state index in [1.165, 1.54) is 5.56 Å². The smallest absolute Gasteiger partial charge is 0.369 e. The van der Waals surface area contributed by atoms with Gasteiger partial charge >= 0.3 is 5.97 Å². The highest BCUT2D eigenvalue weighted by atomic mass is 16.7. The summed E-state index contributed by atoms with van der Waals surface area (Å²) >= 11 is 0. The highest BCUT2D eigenvalue weighted by molar-refractivity contribution is 6.29.